The fraction of sp³-hybridized carbons (Fsp3) is 0.286. The number of allylic oxidation sites excluding steroid dienone is 2. The summed E-state index contributed by atoms with van der Waals surface area (Å²) < 4.78 is 11.0. The van der Waals surface area contributed by atoms with Gasteiger partial charge in [0.25, 0.3) is 0 Å². The van der Waals surface area contributed by atoms with E-state index in [1.165, 1.54) is 0 Å². The molecule has 0 bridgehead atoms. The summed E-state index contributed by atoms with van der Waals surface area (Å²) in [5, 5.41) is 12.9. The highest BCUT2D eigenvalue weighted by Crippen LogP contribution is 2.51. The van der Waals surface area contributed by atoms with Gasteiger partial charge in [-0.3, -0.25) is 0 Å². The predicted molar refractivity (Wildman–Crippen MR) is 99.3 cm³/mol. The van der Waals surface area contributed by atoms with Gasteiger partial charge in [-0.15, -0.1) is 0 Å². The summed E-state index contributed by atoms with van der Waals surface area (Å²) >= 11 is 0. The van der Waals surface area contributed by atoms with E-state index in [0.717, 1.165) is 34.7 Å². The van der Waals surface area contributed by atoms with Crippen LogP contribution in [-0.2, 0) is 0 Å². The Kier molecular flexibility index (Phi) is 4.07. The maximum Gasteiger partial charge on any atom is 0.335 e. The van der Waals surface area contributed by atoms with Crippen LogP contribution in [0.1, 0.15) is 39.9 Å². The molecule has 2 aliphatic rings. The molecule has 0 saturated heterocycles. The van der Waals surface area contributed by atoms with Crippen LogP contribution in [0.3, 0.4) is 0 Å². The molecule has 2 aromatic carbocycles. The van der Waals surface area contributed by atoms with Crippen molar-refractivity contribution in [2.75, 3.05) is 19.5 Å². The van der Waals surface area contributed by atoms with Crippen LogP contribution in [0.5, 0.6) is 11.5 Å². The maximum absolute atomic E-state index is 11.3. The van der Waals surface area contributed by atoms with Crippen molar-refractivity contribution >= 4 is 11.7 Å². The molecule has 2 N–H and O–H groups in total. The first-order valence-electron chi connectivity index (χ1n) is 8.64. The summed E-state index contributed by atoms with van der Waals surface area (Å²) in [5.74, 6) is 1.19. The fourth-order valence-corrected chi connectivity index (χ4v) is 4.12. The van der Waals surface area contributed by atoms with Crippen molar-refractivity contribution in [3.05, 3.63) is 65.2 Å². The highest BCUT2D eigenvalue weighted by molar-refractivity contribution is 5.89. The van der Waals surface area contributed by atoms with Gasteiger partial charge >= 0.3 is 5.97 Å². The van der Waals surface area contributed by atoms with Crippen molar-refractivity contribution in [2.24, 2.45) is 5.92 Å². The molecule has 1 heterocycles. The van der Waals surface area contributed by atoms with Gasteiger partial charge in [0.15, 0.2) is 0 Å². The molecular weight excluding hydrogens is 330 g/mol. The van der Waals surface area contributed by atoms with Gasteiger partial charge in [-0.1, -0.05) is 12.2 Å². The van der Waals surface area contributed by atoms with E-state index >= 15 is 0 Å². The first-order chi connectivity index (χ1) is 12.6. The molecule has 1 aliphatic heterocycles. The Morgan fingerprint density at radius 2 is 1.96 bits per heavy atom. The molecule has 0 spiro atoms. The van der Waals surface area contributed by atoms with Gasteiger partial charge in [-0.2, -0.15) is 0 Å². The lowest BCUT2D eigenvalue weighted by Gasteiger charge is -2.38. The average Bonchev–Trinajstić information content (AvgIpc) is 3.16. The van der Waals surface area contributed by atoms with Crippen LogP contribution in [-0.4, -0.2) is 25.3 Å². The number of fused-ring (bicyclic) bond motifs is 3. The Balaban J connectivity index is 1.80. The Morgan fingerprint density at radius 1 is 1.12 bits per heavy atom. The van der Waals surface area contributed by atoms with Crippen LogP contribution in [0, 0.1) is 5.92 Å². The lowest BCUT2D eigenvalue weighted by atomic mass is 9.76. The second-order valence-electron chi connectivity index (χ2n) is 6.69. The number of hydrogen-bond donors (Lipinski definition) is 2. The van der Waals surface area contributed by atoms with Crippen LogP contribution in [0.2, 0.25) is 0 Å². The first-order valence-corrected chi connectivity index (χ1v) is 8.64. The van der Waals surface area contributed by atoms with E-state index in [1.54, 1.807) is 26.4 Å². The van der Waals surface area contributed by atoms with Crippen LogP contribution >= 0.6 is 0 Å². The predicted octanol–water partition coefficient (Wildman–Crippen LogP) is 4.23. The van der Waals surface area contributed by atoms with E-state index in [1.807, 2.05) is 24.3 Å². The van der Waals surface area contributed by atoms with Gasteiger partial charge < -0.3 is 19.9 Å². The molecule has 5 heteroatoms. The maximum atomic E-state index is 11.3. The SMILES string of the molecule is COc1ccc(OC)c([C@@H]2Nc3ccc(C(=O)O)cc3[C@@H]3C=CC[C@@H]32)c1. The Labute approximate surface area is 152 Å². The average molecular weight is 351 g/mol. The summed E-state index contributed by atoms with van der Waals surface area (Å²) in [4.78, 5) is 11.3. The van der Waals surface area contributed by atoms with Gasteiger partial charge in [0.05, 0.1) is 25.8 Å². The largest absolute Gasteiger partial charge is 0.497 e. The zero-order chi connectivity index (χ0) is 18.3. The standard InChI is InChI=1S/C21H21NO4/c1-25-13-7-9-19(26-2)17(11-13)20-15-5-3-4-14(15)16-10-12(21(23)24)6-8-18(16)22-20/h3-4,6-11,14-15,20,22H,5H2,1-2H3,(H,23,24)/t14-,15+,20-/m1/s1. The number of anilines is 1. The number of carbonyl (C=O) groups is 1. The zero-order valence-corrected chi connectivity index (χ0v) is 14.7. The summed E-state index contributed by atoms with van der Waals surface area (Å²) in [6.07, 6.45) is 5.30. The Hall–Kier alpha value is -2.95. The topological polar surface area (TPSA) is 67.8 Å². The number of ether oxygens (including phenoxy) is 2. The number of methoxy groups -OCH3 is 2. The number of aromatic carboxylic acids is 1. The minimum atomic E-state index is -0.900. The monoisotopic (exact) mass is 351 g/mol. The molecule has 3 atom stereocenters. The van der Waals surface area contributed by atoms with Crippen LogP contribution < -0.4 is 14.8 Å². The lowest BCUT2D eigenvalue weighted by molar-refractivity contribution is 0.0696. The van der Waals surface area contributed by atoms with Gasteiger partial charge in [0.1, 0.15) is 11.5 Å². The minimum absolute atomic E-state index is 0.0585. The smallest absolute Gasteiger partial charge is 0.335 e. The molecule has 1 aliphatic carbocycles. The number of carboxylic acids is 1. The molecule has 0 fully saturated rings. The van der Waals surface area contributed by atoms with Gasteiger partial charge in [-0.05, 0) is 54.3 Å². The van der Waals surface area contributed by atoms with E-state index in [0.29, 0.717) is 11.5 Å². The first kappa shape index (κ1) is 16.5. The number of rotatable bonds is 4. The van der Waals surface area contributed by atoms with Crippen molar-refractivity contribution in [3.8, 4) is 11.5 Å². The van der Waals surface area contributed by atoms with Crippen molar-refractivity contribution in [2.45, 2.75) is 18.4 Å². The molecule has 2 aromatic rings. The van der Waals surface area contributed by atoms with Crippen molar-refractivity contribution in [1.82, 2.24) is 0 Å². The highest BCUT2D eigenvalue weighted by Gasteiger charge is 2.39. The lowest BCUT2D eigenvalue weighted by Crippen LogP contribution is -2.29. The second-order valence-corrected chi connectivity index (χ2v) is 6.69. The molecule has 4 rings (SSSR count). The molecule has 0 unspecified atom stereocenters. The van der Waals surface area contributed by atoms with E-state index in [9.17, 15) is 9.90 Å². The van der Waals surface area contributed by atoms with E-state index in [4.69, 9.17) is 9.47 Å². The molecule has 0 radical (unpaired) electrons. The van der Waals surface area contributed by atoms with Crippen molar-refractivity contribution < 1.29 is 19.4 Å². The number of carboxylic acid groups (broad SMARTS) is 1. The minimum Gasteiger partial charge on any atom is -0.497 e. The van der Waals surface area contributed by atoms with Crippen LogP contribution in [0.25, 0.3) is 0 Å². The molecule has 5 nitrogen and oxygen atoms in total. The number of nitrogens with one attached hydrogen (secondary N) is 1. The van der Waals surface area contributed by atoms with E-state index < -0.39 is 5.97 Å². The highest BCUT2D eigenvalue weighted by atomic mass is 16.5. The second kappa shape index (κ2) is 6.41. The Bertz CT molecular complexity index is 890. The molecule has 0 amide bonds. The fourth-order valence-electron chi connectivity index (χ4n) is 4.12. The number of benzene rings is 2. The van der Waals surface area contributed by atoms with Crippen molar-refractivity contribution in [1.29, 1.82) is 0 Å². The van der Waals surface area contributed by atoms with Crippen LogP contribution in [0.15, 0.2) is 48.6 Å². The van der Waals surface area contributed by atoms with E-state index in [-0.39, 0.29) is 12.0 Å². The van der Waals surface area contributed by atoms with Gasteiger partial charge in [0.2, 0.25) is 0 Å². The summed E-state index contributed by atoms with van der Waals surface area (Å²) in [7, 11) is 3.33. The molecule has 134 valence electrons. The van der Waals surface area contributed by atoms with Gasteiger partial charge in [0, 0.05) is 17.2 Å². The molecule has 26 heavy (non-hydrogen) atoms. The normalized spacial score (nSPS) is 22.9. The Morgan fingerprint density at radius 3 is 2.69 bits per heavy atom. The summed E-state index contributed by atoms with van der Waals surface area (Å²) in [5.41, 5.74) is 3.39. The molecular formula is C21H21NO4. The summed E-state index contributed by atoms with van der Waals surface area (Å²) in [6.45, 7) is 0. The van der Waals surface area contributed by atoms with Crippen LogP contribution in [0.4, 0.5) is 5.69 Å². The third-order valence-electron chi connectivity index (χ3n) is 5.38. The van der Waals surface area contributed by atoms with Gasteiger partial charge in [-0.25, -0.2) is 4.79 Å². The summed E-state index contributed by atoms with van der Waals surface area (Å²) in [6, 6.07) is 11.2. The molecule has 0 aromatic heterocycles. The molecule has 0 saturated carbocycles. The quantitative estimate of drug-likeness (QED) is 0.807. The third kappa shape index (κ3) is 2.60. The van der Waals surface area contributed by atoms with Crippen molar-refractivity contribution in [3.63, 3.8) is 0 Å². The third-order valence-corrected chi connectivity index (χ3v) is 5.38. The van der Waals surface area contributed by atoms with E-state index in [2.05, 4.69) is 17.5 Å². The number of hydrogen-bond acceptors (Lipinski definition) is 4. The zero-order valence-electron chi connectivity index (χ0n) is 14.7.